The lowest BCUT2D eigenvalue weighted by Gasteiger charge is -2.33. The van der Waals surface area contributed by atoms with Gasteiger partial charge in [0, 0.05) is 49.7 Å². The molecule has 3 atom stereocenters. The summed E-state index contributed by atoms with van der Waals surface area (Å²) in [6.45, 7) is 1.56. The van der Waals surface area contributed by atoms with E-state index in [4.69, 9.17) is 14.7 Å². The fourth-order valence-corrected chi connectivity index (χ4v) is 9.04. The molecule has 0 radical (unpaired) electrons. The fraction of sp³-hybridized carbons (Fsp3) is 0.295. The van der Waals surface area contributed by atoms with Crippen molar-refractivity contribution in [2.75, 3.05) is 36.2 Å². The number of sulfone groups is 1. The van der Waals surface area contributed by atoms with Crippen LogP contribution in [0.5, 0.6) is 5.75 Å². The Kier molecular flexibility index (Phi) is 13.2. The Bertz CT molecular complexity index is 2970. The van der Waals surface area contributed by atoms with Crippen LogP contribution in [0.25, 0.3) is 10.8 Å². The van der Waals surface area contributed by atoms with Crippen molar-refractivity contribution in [3.63, 3.8) is 0 Å². The Hall–Kier alpha value is -7.02. The molecular weight excluding hydrogens is 877 g/mol. The molecule has 3 heterocycles. The number of ether oxygens (including phenoxy) is 2. The number of alkyl halides is 3. The summed E-state index contributed by atoms with van der Waals surface area (Å²) in [5.41, 5.74) is -2.92. The number of amides is 1. The number of nitrogens with one attached hydrogen (secondary N) is 3. The van der Waals surface area contributed by atoms with Crippen molar-refractivity contribution in [1.82, 2.24) is 25.0 Å². The molecule has 21 heteroatoms. The van der Waals surface area contributed by atoms with Crippen molar-refractivity contribution < 1.29 is 50.1 Å². The number of aromatic amines is 1. The van der Waals surface area contributed by atoms with Crippen LogP contribution < -0.4 is 20.9 Å². The molecular formula is C44H40F4N8O8S. The van der Waals surface area contributed by atoms with Crippen LogP contribution in [-0.4, -0.2) is 81.4 Å². The number of H-pyrrole nitrogens is 1. The number of halogens is 4. The number of carbonyl (C=O) groups is 2. The molecule has 0 unspecified atom stereocenters. The lowest BCUT2D eigenvalue weighted by Crippen LogP contribution is -2.45. The van der Waals surface area contributed by atoms with Gasteiger partial charge in [-0.25, -0.2) is 22.9 Å². The summed E-state index contributed by atoms with van der Waals surface area (Å²) >= 11 is 0. The molecule has 0 fully saturated rings. The largest absolute Gasteiger partial charge is 0.494 e. The number of Topliss-reactive ketones (excluding diaryl/α,β-unsaturated/α-hetero) is 1. The third kappa shape index (κ3) is 10.4. The summed E-state index contributed by atoms with van der Waals surface area (Å²) in [6.07, 6.45) is -2.71. The zero-order valence-electron chi connectivity index (χ0n) is 34.6. The number of ketones is 1. The van der Waals surface area contributed by atoms with E-state index in [2.05, 4.69) is 30.9 Å². The molecule has 0 aliphatic carbocycles. The van der Waals surface area contributed by atoms with Crippen LogP contribution in [0.3, 0.4) is 0 Å². The number of carbonyl (C=O) groups excluding carboxylic acids is 2. The van der Waals surface area contributed by atoms with E-state index in [1.165, 1.54) is 48.8 Å². The molecule has 6 aromatic rings. The second kappa shape index (κ2) is 18.6. The average molecular weight is 917 g/mol. The monoisotopic (exact) mass is 916 g/mol. The predicted molar refractivity (Wildman–Crippen MR) is 226 cm³/mol. The highest BCUT2D eigenvalue weighted by atomic mass is 32.2. The summed E-state index contributed by atoms with van der Waals surface area (Å²) in [7, 11) is -2.53. The minimum absolute atomic E-state index is 0.0472. The van der Waals surface area contributed by atoms with Gasteiger partial charge in [-0.2, -0.15) is 28.6 Å². The van der Waals surface area contributed by atoms with Gasteiger partial charge in [0.2, 0.25) is 0 Å². The number of nitriles is 1. The first kappa shape index (κ1) is 46.0. The van der Waals surface area contributed by atoms with Crippen LogP contribution in [0.2, 0.25) is 0 Å². The molecule has 65 heavy (non-hydrogen) atoms. The first-order chi connectivity index (χ1) is 30.8. The van der Waals surface area contributed by atoms with Gasteiger partial charge in [0.05, 0.1) is 64.1 Å². The fourth-order valence-electron chi connectivity index (χ4n) is 7.45. The summed E-state index contributed by atoms with van der Waals surface area (Å²) < 4.78 is 93.7. The van der Waals surface area contributed by atoms with E-state index in [-0.39, 0.29) is 48.7 Å². The Morgan fingerprint density at radius 3 is 2.43 bits per heavy atom. The van der Waals surface area contributed by atoms with Gasteiger partial charge in [0.25, 0.3) is 11.5 Å². The number of aromatic nitrogens is 5. The first-order valence-electron chi connectivity index (χ1n) is 20.0. The number of benzene rings is 4. The van der Waals surface area contributed by atoms with E-state index in [1.54, 1.807) is 11.7 Å². The molecule has 1 aliphatic rings. The molecule has 0 saturated heterocycles. The first-order valence-corrected chi connectivity index (χ1v) is 21.6. The van der Waals surface area contributed by atoms with Crippen molar-refractivity contribution in [3.8, 4) is 11.8 Å². The predicted octanol–water partition coefficient (Wildman–Crippen LogP) is 5.53. The molecule has 0 bridgehead atoms. The zero-order chi connectivity index (χ0) is 46.7. The SMILES string of the molecule is Cn1ncnc1[C@H]1c2n[nH]c(=O)c3cc(F)cc(c23)N[C@@H]1c1ccc(CC(=O)CCOCCCOc2ccc(S(=O)(=O)C[C@](C)(O)C(=O)Nc3ccc(C#N)c(C(F)(F)F)c3)cc2)cc1. The van der Waals surface area contributed by atoms with E-state index in [0.717, 1.165) is 30.2 Å². The number of aliphatic hydroxyl groups is 1. The normalized spacial score (nSPS) is 15.7. The van der Waals surface area contributed by atoms with Crippen molar-refractivity contribution in [2.24, 2.45) is 7.05 Å². The number of anilines is 2. The minimum Gasteiger partial charge on any atom is -0.494 e. The summed E-state index contributed by atoms with van der Waals surface area (Å²) in [6, 6.07) is 18.4. The standard InChI is InChI=1S/C44H40F4N8O8S/c1-43(60,42(59)52-29-9-8-27(22-49)34(21-29)44(46,47)48)23-65(61,62)32-12-10-31(11-13-32)64-16-3-15-63-17-14-30(57)18-25-4-6-26(7-5-25)38-37(40-50-24-51-56(40)2)39-36-33(41(58)55-54-39)19-28(45)20-35(36)53-38/h4-13,19-21,24,37-38,53,60H,3,14-18,23H2,1-2H3,(H,52,59)(H,55,58)/t37-,38-,43+/m1/s1. The smallest absolute Gasteiger partial charge is 0.417 e. The molecule has 0 saturated carbocycles. The van der Waals surface area contributed by atoms with Gasteiger partial charge in [-0.15, -0.1) is 0 Å². The van der Waals surface area contributed by atoms with Crippen LogP contribution >= 0.6 is 0 Å². The van der Waals surface area contributed by atoms with Crippen molar-refractivity contribution >= 4 is 43.7 Å². The number of hydrogen-bond acceptors (Lipinski definition) is 13. The third-order valence-electron chi connectivity index (χ3n) is 10.7. The minimum atomic E-state index is -4.90. The van der Waals surface area contributed by atoms with Crippen molar-refractivity contribution in [3.05, 3.63) is 135 Å². The maximum Gasteiger partial charge on any atom is 0.417 e. The second-order valence-corrected chi connectivity index (χ2v) is 17.5. The number of nitrogens with zero attached hydrogens (tertiary/aromatic N) is 5. The highest BCUT2D eigenvalue weighted by molar-refractivity contribution is 7.91. The highest BCUT2D eigenvalue weighted by Gasteiger charge is 2.39. The maximum atomic E-state index is 14.6. The zero-order valence-corrected chi connectivity index (χ0v) is 35.5. The molecule has 4 N–H and O–H groups in total. The van der Waals surface area contributed by atoms with Crippen LogP contribution in [0.4, 0.5) is 28.9 Å². The highest BCUT2D eigenvalue weighted by Crippen LogP contribution is 2.46. The molecule has 1 amide bonds. The van der Waals surface area contributed by atoms with Gasteiger partial charge in [0.15, 0.2) is 15.4 Å². The van der Waals surface area contributed by atoms with Crippen molar-refractivity contribution in [2.45, 2.75) is 54.8 Å². The van der Waals surface area contributed by atoms with Crippen LogP contribution in [0.15, 0.2) is 94.9 Å². The number of hydrogen-bond donors (Lipinski definition) is 4. The van der Waals surface area contributed by atoms with E-state index in [9.17, 15) is 45.5 Å². The van der Waals surface area contributed by atoms with Gasteiger partial charge in [-0.1, -0.05) is 24.3 Å². The van der Waals surface area contributed by atoms with Gasteiger partial charge < -0.3 is 25.2 Å². The summed E-state index contributed by atoms with van der Waals surface area (Å²) in [4.78, 5) is 42.4. The lowest BCUT2D eigenvalue weighted by atomic mass is 9.83. The van der Waals surface area contributed by atoms with E-state index >= 15 is 0 Å². The van der Waals surface area contributed by atoms with Crippen LogP contribution in [0, 0.1) is 17.1 Å². The number of aryl methyl sites for hydroxylation is 1. The molecule has 0 spiro atoms. The molecule has 1 aliphatic heterocycles. The quantitative estimate of drug-likeness (QED) is 0.0652. The Morgan fingerprint density at radius 1 is 1.02 bits per heavy atom. The lowest BCUT2D eigenvalue weighted by molar-refractivity contribution is -0.138. The van der Waals surface area contributed by atoms with Crippen molar-refractivity contribution in [1.29, 1.82) is 5.26 Å². The van der Waals surface area contributed by atoms with Crippen LogP contribution in [0.1, 0.15) is 65.5 Å². The Labute approximate surface area is 368 Å². The molecule has 338 valence electrons. The molecule has 7 rings (SSSR count). The van der Waals surface area contributed by atoms with Gasteiger partial charge in [-0.05, 0) is 72.6 Å². The molecule has 16 nitrogen and oxygen atoms in total. The maximum absolute atomic E-state index is 14.6. The average Bonchev–Trinajstić information content (AvgIpc) is 3.68. The number of rotatable bonds is 17. The molecule has 4 aromatic carbocycles. The van der Waals surface area contributed by atoms with Gasteiger partial charge in [-0.3, -0.25) is 19.1 Å². The van der Waals surface area contributed by atoms with Gasteiger partial charge >= 0.3 is 6.18 Å². The van der Waals surface area contributed by atoms with Crippen LogP contribution in [-0.2, 0) is 43.8 Å². The van der Waals surface area contributed by atoms with Gasteiger partial charge in [0.1, 0.15) is 29.5 Å². The second-order valence-electron chi connectivity index (χ2n) is 15.5. The summed E-state index contributed by atoms with van der Waals surface area (Å²) in [5, 5.41) is 36.9. The van der Waals surface area contributed by atoms with E-state index in [0.29, 0.717) is 40.8 Å². The van der Waals surface area contributed by atoms with E-state index < -0.39 is 73.4 Å². The third-order valence-corrected chi connectivity index (χ3v) is 12.6. The van der Waals surface area contributed by atoms with E-state index in [1.807, 2.05) is 24.3 Å². The summed E-state index contributed by atoms with van der Waals surface area (Å²) in [5.74, 6) is -2.60. The Balaban J connectivity index is 0.848. The molecule has 2 aromatic heterocycles. The topological polar surface area (TPSA) is 231 Å². The Morgan fingerprint density at radius 2 is 1.75 bits per heavy atom.